The molecule has 0 amide bonds. The Balaban J connectivity index is 1.83. The fourth-order valence-corrected chi connectivity index (χ4v) is 4.56. The lowest BCUT2D eigenvalue weighted by atomic mass is 9.90. The maximum atomic E-state index is 13.1. The van der Waals surface area contributed by atoms with Crippen molar-refractivity contribution >= 4 is 33.5 Å². The molecule has 5 rings (SSSR count). The van der Waals surface area contributed by atoms with Gasteiger partial charge in [-0.3, -0.25) is 9.59 Å². The molecular formula is C36H34O4. The van der Waals surface area contributed by atoms with E-state index in [1.54, 1.807) is 0 Å². The highest BCUT2D eigenvalue weighted by Crippen LogP contribution is 2.47. The number of hydrogen-bond acceptors (Lipinski definition) is 4. The van der Waals surface area contributed by atoms with Crippen LogP contribution in [0.3, 0.4) is 0 Å². The van der Waals surface area contributed by atoms with E-state index in [4.69, 9.17) is 9.47 Å². The lowest BCUT2D eigenvalue weighted by molar-refractivity contribution is -0.143. The summed E-state index contributed by atoms with van der Waals surface area (Å²) in [5, 5.41) is 3.75. The third-order valence-electron chi connectivity index (χ3n) is 6.86. The topological polar surface area (TPSA) is 52.6 Å². The zero-order chi connectivity index (χ0) is 28.7. The standard InChI is InChI=1S/C36H34O4/c1-35(2,3)33(37)39-29-20-17-24-14-10-11-15-27(24)31(29)32-28-19-16-25(23-12-8-7-9-13-23)22-26(28)18-21-30(32)40-34(38)36(4,5)6/h7-22H,1-6H3. The average molecular weight is 531 g/mol. The first-order valence-corrected chi connectivity index (χ1v) is 13.5. The van der Waals surface area contributed by atoms with E-state index in [-0.39, 0.29) is 11.9 Å². The number of benzene rings is 5. The number of carbonyl (C=O) groups is 2. The van der Waals surface area contributed by atoms with Crippen LogP contribution in [0.5, 0.6) is 11.5 Å². The maximum Gasteiger partial charge on any atom is 0.316 e. The first-order chi connectivity index (χ1) is 18.9. The second-order valence-electron chi connectivity index (χ2n) is 12.2. The van der Waals surface area contributed by atoms with Crippen molar-refractivity contribution in [2.45, 2.75) is 41.5 Å². The van der Waals surface area contributed by atoms with Gasteiger partial charge in [-0.25, -0.2) is 0 Å². The molecule has 0 N–H and O–H groups in total. The SMILES string of the molecule is CC(C)(C)C(=O)Oc1ccc2ccccc2c1-c1c(OC(=O)C(C)(C)C)ccc2cc(-c3ccccc3)ccc12. The number of rotatable bonds is 4. The zero-order valence-electron chi connectivity index (χ0n) is 23.9. The third kappa shape index (κ3) is 5.35. The molecular weight excluding hydrogens is 496 g/mol. The number of ether oxygens (including phenoxy) is 2. The normalized spacial score (nSPS) is 11.9. The van der Waals surface area contributed by atoms with E-state index in [2.05, 4.69) is 30.3 Å². The van der Waals surface area contributed by atoms with Gasteiger partial charge in [-0.05, 0) is 92.4 Å². The summed E-state index contributed by atoms with van der Waals surface area (Å²) in [5.74, 6) is 0.155. The smallest absolute Gasteiger partial charge is 0.316 e. The van der Waals surface area contributed by atoms with Crippen LogP contribution < -0.4 is 9.47 Å². The van der Waals surface area contributed by atoms with E-state index in [9.17, 15) is 9.59 Å². The van der Waals surface area contributed by atoms with Crippen LogP contribution in [0.1, 0.15) is 41.5 Å². The van der Waals surface area contributed by atoms with E-state index in [1.165, 1.54) is 0 Å². The molecule has 0 saturated heterocycles. The third-order valence-corrected chi connectivity index (χ3v) is 6.86. The summed E-state index contributed by atoms with van der Waals surface area (Å²) < 4.78 is 12.1. The Labute approximate surface area is 235 Å². The van der Waals surface area contributed by atoms with Gasteiger partial charge in [0.05, 0.1) is 10.8 Å². The minimum atomic E-state index is -0.705. The van der Waals surface area contributed by atoms with E-state index in [0.29, 0.717) is 22.6 Å². The zero-order valence-corrected chi connectivity index (χ0v) is 23.9. The van der Waals surface area contributed by atoms with Crippen LogP contribution >= 0.6 is 0 Å². The van der Waals surface area contributed by atoms with Gasteiger partial charge in [-0.1, -0.05) is 78.9 Å². The Morgan fingerprint density at radius 2 is 1.00 bits per heavy atom. The van der Waals surface area contributed by atoms with E-state index in [1.807, 2.05) is 108 Å². The van der Waals surface area contributed by atoms with Crippen LogP contribution in [0, 0.1) is 10.8 Å². The monoisotopic (exact) mass is 530 g/mol. The lowest BCUT2D eigenvalue weighted by Crippen LogP contribution is -2.26. The summed E-state index contributed by atoms with van der Waals surface area (Å²) in [6.45, 7) is 11.0. The minimum Gasteiger partial charge on any atom is -0.425 e. The predicted octanol–water partition coefficient (Wildman–Crippen LogP) is 9.23. The predicted molar refractivity (Wildman–Crippen MR) is 163 cm³/mol. The second kappa shape index (κ2) is 10.3. The molecule has 0 heterocycles. The number of esters is 2. The summed E-state index contributed by atoms with van der Waals surface area (Å²) in [6, 6.07) is 32.0. The van der Waals surface area contributed by atoms with E-state index >= 15 is 0 Å². The molecule has 0 atom stereocenters. The Morgan fingerprint density at radius 1 is 0.500 bits per heavy atom. The van der Waals surface area contributed by atoms with Gasteiger partial charge in [0.25, 0.3) is 0 Å². The molecule has 0 bridgehead atoms. The van der Waals surface area contributed by atoms with Crippen molar-refractivity contribution in [2.24, 2.45) is 10.8 Å². The second-order valence-corrected chi connectivity index (χ2v) is 12.2. The van der Waals surface area contributed by atoms with Gasteiger partial charge in [0.2, 0.25) is 0 Å². The molecule has 4 nitrogen and oxygen atoms in total. The molecule has 40 heavy (non-hydrogen) atoms. The highest BCUT2D eigenvalue weighted by atomic mass is 16.5. The maximum absolute atomic E-state index is 13.1. The molecule has 5 aromatic carbocycles. The van der Waals surface area contributed by atoms with Crippen molar-refractivity contribution in [2.75, 3.05) is 0 Å². The average Bonchev–Trinajstić information content (AvgIpc) is 2.92. The molecule has 4 heteroatoms. The van der Waals surface area contributed by atoms with Gasteiger partial charge in [-0.2, -0.15) is 0 Å². The number of hydrogen-bond donors (Lipinski definition) is 0. The molecule has 0 radical (unpaired) electrons. The summed E-state index contributed by atoms with van der Waals surface area (Å²) in [7, 11) is 0. The quantitative estimate of drug-likeness (QED) is 0.172. The van der Waals surface area contributed by atoms with Crippen LogP contribution in [-0.2, 0) is 9.59 Å². The van der Waals surface area contributed by atoms with Gasteiger partial charge >= 0.3 is 11.9 Å². The van der Waals surface area contributed by atoms with Gasteiger partial charge < -0.3 is 9.47 Å². The van der Waals surface area contributed by atoms with Gasteiger partial charge in [0.15, 0.2) is 0 Å². The fraction of sp³-hybridized carbons (Fsp3) is 0.222. The molecule has 0 fully saturated rings. The summed E-state index contributed by atoms with van der Waals surface area (Å²) in [5.41, 5.74) is 2.21. The molecule has 5 aromatic rings. The molecule has 0 aromatic heterocycles. The Kier molecular flexibility index (Phi) is 6.97. The van der Waals surface area contributed by atoms with Crippen molar-refractivity contribution in [3.63, 3.8) is 0 Å². The molecule has 0 aliphatic heterocycles. The van der Waals surface area contributed by atoms with Crippen molar-refractivity contribution in [1.29, 1.82) is 0 Å². The number of fused-ring (bicyclic) bond motifs is 2. The summed E-state index contributed by atoms with van der Waals surface area (Å²) in [6.07, 6.45) is 0. The van der Waals surface area contributed by atoms with E-state index < -0.39 is 10.8 Å². The van der Waals surface area contributed by atoms with Gasteiger partial charge in [-0.15, -0.1) is 0 Å². The Morgan fingerprint density at radius 3 is 1.57 bits per heavy atom. The molecule has 0 aliphatic carbocycles. The summed E-state index contributed by atoms with van der Waals surface area (Å²) >= 11 is 0. The largest absolute Gasteiger partial charge is 0.425 e. The molecule has 0 aliphatic rings. The molecule has 0 unspecified atom stereocenters. The van der Waals surface area contributed by atoms with Crippen LogP contribution in [-0.4, -0.2) is 11.9 Å². The highest BCUT2D eigenvalue weighted by molar-refractivity contribution is 6.11. The molecule has 0 saturated carbocycles. The van der Waals surface area contributed by atoms with Crippen molar-refractivity contribution in [3.05, 3.63) is 97.1 Å². The highest BCUT2D eigenvalue weighted by Gasteiger charge is 2.29. The Bertz CT molecular complexity index is 1740. The van der Waals surface area contributed by atoms with Gasteiger partial charge in [0.1, 0.15) is 11.5 Å². The Hall–Kier alpha value is -4.44. The van der Waals surface area contributed by atoms with Gasteiger partial charge in [0, 0.05) is 11.1 Å². The first kappa shape index (κ1) is 27.1. The van der Waals surface area contributed by atoms with Crippen LogP contribution in [0.2, 0.25) is 0 Å². The van der Waals surface area contributed by atoms with Crippen molar-refractivity contribution in [1.82, 2.24) is 0 Å². The van der Waals surface area contributed by atoms with Crippen molar-refractivity contribution < 1.29 is 19.1 Å². The summed E-state index contributed by atoms with van der Waals surface area (Å²) in [4.78, 5) is 26.2. The van der Waals surface area contributed by atoms with Crippen LogP contribution in [0.25, 0.3) is 43.8 Å². The lowest BCUT2D eigenvalue weighted by Gasteiger charge is -2.23. The molecule has 202 valence electrons. The fourth-order valence-electron chi connectivity index (χ4n) is 4.56. The van der Waals surface area contributed by atoms with E-state index in [0.717, 1.165) is 32.7 Å². The van der Waals surface area contributed by atoms with Crippen LogP contribution in [0.4, 0.5) is 0 Å². The number of carbonyl (C=O) groups excluding carboxylic acids is 2. The first-order valence-electron chi connectivity index (χ1n) is 13.5. The van der Waals surface area contributed by atoms with Crippen molar-refractivity contribution in [3.8, 4) is 33.8 Å². The van der Waals surface area contributed by atoms with Crippen LogP contribution in [0.15, 0.2) is 97.1 Å². The molecule has 0 spiro atoms. The minimum absolute atomic E-state index is 0.344.